The molecule has 5 heteroatoms. The van der Waals surface area contributed by atoms with Gasteiger partial charge in [-0.25, -0.2) is 0 Å². The van der Waals surface area contributed by atoms with Gasteiger partial charge >= 0.3 is 0 Å². The quantitative estimate of drug-likeness (QED) is 0.273. The highest BCUT2D eigenvalue weighted by molar-refractivity contribution is 14.0. The molecule has 0 fully saturated rings. The van der Waals surface area contributed by atoms with E-state index < -0.39 is 0 Å². The van der Waals surface area contributed by atoms with Crippen LogP contribution in [0.15, 0.2) is 4.99 Å². The van der Waals surface area contributed by atoms with Crippen LogP contribution in [0.25, 0.3) is 0 Å². The van der Waals surface area contributed by atoms with E-state index in [4.69, 9.17) is 0 Å². The topological polar surface area (TPSA) is 30.9 Å². The van der Waals surface area contributed by atoms with Crippen molar-refractivity contribution in [1.82, 2.24) is 15.1 Å². The molecule has 0 aliphatic heterocycles. The Balaban J connectivity index is 0. The second-order valence-electron chi connectivity index (χ2n) is 6.03. The van der Waals surface area contributed by atoms with E-state index in [0.717, 1.165) is 32.0 Å². The first-order valence-corrected chi connectivity index (χ1v) is 8.11. The second-order valence-corrected chi connectivity index (χ2v) is 6.03. The van der Waals surface area contributed by atoms with Crippen LogP contribution in [0.2, 0.25) is 0 Å². The van der Waals surface area contributed by atoms with Gasteiger partial charge in [0.1, 0.15) is 0 Å². The van der Waals surface area contributed by atoms with E-state index in [1.54, 1.807) is 0 Å². The Labute approximate surface area is 149 Å². The Morgan fingerprint density at radius 1 is 1.05 bits per heavy atom. The molecule has 0 saturated heterocycles. The molecule has 0 aliphatic rings. The lowest BCUT2D eigenvalue weighted by molar-refractivity contribution is 0.173. The molecule has 0 amide bonds. The molecule has 1 N–H and O–H groups in total. The van der Waals surface area contributed by atoms with Crippen LogP contribution in [-0.4, -0.2) is 61.6 Å². The lowest BCUT2D eigenvalue weighted by atomic mass is 10.2. The van der Waals surface area contributed by atoms with Crippen molar-refractivity contribution in [3.8, 4) is 0 Å². The molecule has 0 saturated carbocycles. The zero-order chi connectivity index (χ0) is 15.5. The standard InChI is InChI=1S/C16H36N4.HI/c1-8-9-12-19(7)16(17-6)18-11-10-13-20(14(2)3)15(4)5;/h14-15H,8-13H2,1-7H3,(H,17,18);1H. The maximum absolute atomic E-state index is 4.35. The van der Waals surface area contributed by atoms with E-state index in [1.807, 2.05) is 7.05 Å². The predicted molar refractivity (Wildman–Crippen MR) is 106 cm³/mol. The van der Waals surface area contributed by atoms with Crippen LogP contribution in [0, 0.1) is 0 Å². The van der Waals surface area contributed by atoms with Crippen molar-refractivity contribution >= 4 is 29.9 Å². The number of hydrogen-bond acceptors (Lipinski definition) is 2. The summed E-state index contributed by atoms with van der Waals surface area (Å²) in [4.78, 5) is 9.09. The van der Waals surface area contributed by atoms with Crippen LogP contribution >= 0.6 is 24.0 Å². The third kappa shape index (κ3) is 10.3. The highest BCUT2D eigenvalue weighted by Crippen LogP contribution is 2.05. The Morgan fingerprint density at radius 3 is 2.05 bits per heavy atom. The second kappa shape index (κ2) is 13.6. The molecule has 4 nitrogen and oxygen atoms in total. The minimum atomic E-state index is 0. The molecule has 0 aliphatic carbocycles. The van der Waals surface area contributed by atoms with E-state index in [2.05, 4.69) is 61.8 Å². The van der Waals surface area contributed by atoms with Gasteiger partial charge in [-0.1, -0.05) is 13.3 Å². The zero-order valence-corrected chi connectivity index (χ0v) is 17.5. The fourth-order valence-electron chi connectivity index (χ4n) is 2.46. The van der Waals surface area contributed by atoms with Crippen molar-refractivity contribution in [1.29, 1.82) is 0 Å². The largest absolute Gasteiger partial charge is 0.356 e. The Morgan fingerprint density at radius 2 is 1.62 bits per heavy atom. The molecule has 0 radical (unpaired) electrons. The fourth-order valence-corrected chi connectivity index (χ4v) is 2.46. The minimum absolute atomic E-state index is 0. The monoisotopic (exact) mass is 412 g/mol. The summed E-state index contributed by atoms with van der Waals surface area (Å²) in [6, 6.07) is 1.23. The molecular formula is C16H37IN4. The number of nitrogens with zero attached hydrogens (tertiary/aromatic N) is 3. The van der Waals surface area contributed by atoms with Crippen LogP contribution in [0.5, 0.6) is 0 Å². The smallest absolute Gasteiger partial charge is 0.193 e. The number of aliphatic imine (C=N–C) groups is 1. The van der Waals surface area contributed by atoms with E-state index in [0.29, 0.717) is 12.1 Å². The van der Waals surface area contributed by atoms with Crippen molar-refractivity contribution in [2.75, 3.05) is 33.7 Å². The summed E-state index contributed by atoms with van der Waals surface area (Å²) in [6.45, 7) is 14.5. The number of unbranched alkanes of at least 4 members (excludes halogenated alkanes) is 1. The van der Waals surface area contributed by atoms with E-state index >= 15 is 0 Å². The molecule has 0 bridgehead atoms. The Kier molecular flexibility index (Phi) is 15.1. The predicted octanol–water partition coefficient (Wildman–Crippen LogP) is 3.42. The molecule has 128 valence electrons. The van der Waals surface area contributed by atoms with Gasteiger partial charge in [0.2, 0.25) is 0 Å². The van der Waals surface area contributed by atoms with E-state index in [-0.39, 0.29) is 24.0 Å². The summed E-state index contributed by atoms with van der Waals surface area (Å²) in [5, 5.41) is 3.46. The van der Waals surface area contributed by atoms with E-state index in [9.17, 15) is 0 Å². The van der Waals surface area contributed by atoms with Gasteiger partial charge in [-0.2, -0.15) is 0 Å². The van der Waals surface area contributed by atoms with Crippen LogP contribution < -0.4 is 5.32 Å². The summed E-state index contributed by atoms with van der Waals surface area (Å²) < 4.78 is 0. The summed E-state index contributed by atoms with van der Waals surface area (Å²) >= 11 is 0. The van der Waals surface area contributed by atoms with Crippen molar-refractivity contribution < 1.29 is 0 Å². The molecule has 0 aromatic rings. The highest BCUT2D eigenvalue weighted by Gasteiger charge is 2.12. The Bertz CT molecular complexity index is 259. The number of nitrogens with one attached hydrogen (secondary N) is 1. The van der Waals surface area contributed by atoms with Gasteiger partial charge in [-0.15, -0.1) is 24.0 Å². The number of halogens is 1. The summed E-state index contributed by atoms with van der Waals surface area (Å²) in [6.07, 6.45) is 3.59. The van der Waals surface area contributed by atoms with Gasteiger partial charge in [0.05, 0.1) is 0 Å². The maximum Gasteiger partial charge on any atom is 0.193 e. The van der Waals surface area contributed by atoms with Crippen molar-refractivity contribution in [2.24, 2.45) is 4.99 Å². The molecule has 0 aromatic carbocycles. The molecular weight excluding hydrogens is 375 g/mol. The first-order chi connectivity index (χ1) is 9.43. The lowest BCUT2D eigenvalue weighted by Gasteiger charge is -2.30. The molecule has 21 heavy (non-hydrogen) atoms. The number of guanidine groups is 1. The van der Waals surface area contributed by atoms with Crippen LogP contribution in [0.4, 0.5) is 0 Å². The first-order valence-electron chi connectivity index (χ1n) is 8.11. The normalized spacial score (nSPS) is 12.0. The van der Waals surface area contributed by atoms with E-state index in [1.165, 1.54) is 12.8 Å². The number of rotatable bonds is 9. The SMILES string of the molecule is CCCCN(C)C(=NC)NCCCN(C(C)C)C(C)C.I. The molecule has 0 atom stereocenters. The molecule has 0 aromatic heterocycles. The number of hydrogen-bond donors (Lipinski definition) is 1. The van der Waals surface area contributed by atoms with Crippen molar-refractivity contribution in [3.63, 3.8) is 0 Å². The summed E-state index contributed by atoms with van der Waals surface area (Å²) in [5.41, 5.74) is 0. The van der Waals surface area contributed by atoms with Gasteiger partial charge in [0.15, 0.2) is 5.96 Å². The first kappa shape index (κ1) is 23.2. The maximum atomic E-state index is 4.35. The van der Waals surface area contributed by atoms with Crippen molar-refractivity contribution in [2.45, 2.75) is 66.0 Å². The molecule has 0 unspecified atom stereocenters. The fraction of sp³-hybridized carbons (Fsp3) is 0.938. The Hall–Kier alpha value is -0.0400. The third-order valence-corrected chi connectivity index (χ3v) is 3.62. The average Bonchev–Trinajstić information content (AvgIpc) is 2.39. The average molecular weight is 412 g/mol. The third-order valence-electron chi connectivity index (χ3n) is 3.62. The minimum Gasteiger partial charge on any atom is -0.356 e. The highest BCUT2D eigenvalue weighted by atomic mass is 127. The van der Waals surface area contributed by atoms with Crippen LogP contribution in [0.1, 0.15) is 53.9 Å². The van der Waals surface area contributed by atoms with Gasteiger partial charge < -0.3 is 10.2 Å². The molecule has 0 heterocycles. The van der Waals surface area contributed by atoms with Gasteiger partial charge in [0, 0.05) is 45.8 Å². The summed E-state index contributed by atoms with van der Waals surface area (Å²) in [7, 11) is 3.97. The van der Waals surface area contributed by atoms with Crippen LogP contribution in [-0.2, 0) is 0 Å². The van der Waals surface area contributed by atoms with Crippen molar-refractivity contribution in [3.05, 3.63) is 0 Å². The van der Waals surface area contributed by atoms with Gasteiger partial charge in [-0.05, 0) is 40.5 Å². The van der Waals surface area contributed by atoms with Crippen LogP contribution in [0.3, 0.4) is 0 Å². The summed E-state index contributed by atoms with van der Waals surface area (Å²) in [5.74, 6) is 1.01. The molecule has 0 spiro atoms. The van der Waals surface area contributed by atoms with Gasteiger partial charge in [0.25, 0.3) is 0 Å². The molecule has 0 rings (SSSR count). The zero-order valence-electron chi connectivity index (χ0n) is 15.1. The van der Waals surface area contributed by atoms with Gasteiger partial charge in [-0.3, -0.25) is 9.89 Å². The lowest BCUT2D eigenvalue weighted by Crippen LogP contribution is -2.42.